The van der Waals surface area contributed by atoms with Crippen molar-refractivity contribution in [3.63, 3.8) is 0 Å². The van der Waals surface area contributed by atoms with E-state index in [0.29, 0.717) is 16.5 Å². The van der Waals surface area contributed by atoms with E-state index < -0.39 is 5.97 Å². The largest absolute Gasteiger partial charge is 0.457 e. The van der Waals surface area contributed by atoms with Crippen molar-refractivity contribution < 1.29 is 9.53 Å². The first kappa shape index (κ1) is 16.8. The molecule has 0 radical (unpaired) electrons. The summed E-state index contributed by atoms with van der Waals surface area (Å²) in [7, 11) is 0. The first-order valence-corrected chi connectivity index (χ1v) is 9.72. The second-order valence-electron chi connectivity index (χ2n) is 6.24. The molecule has 1 aliphatic heterocycles. The molecule has 0 bridgehead atoms. The number of nitrogens with zero attached hydrogens (tertiary/aromatic N) is 2. The van der Waals surface area contributed by atoms with Crippen LogP contribution in [-0.2, 0) is 24.3 Å². The van der Waals surface area contributed by atoms with Gasteiger partial charge in [-0.1, -0.05) is 12.1 Å². The molecule has 0 saturated carbocycles. The van der Waals surface area contributed by atoms with Gasteiger partial charge < -0.3 is 4.74 Å². The Labute approximate surface area is 155 Å². The summed E-state index contributed by atoms with van der Waals surface area (Å²) in [4.78, 5) is 30.6. The number of fused-ring (bicyclic) bond motifs is 2. The number of carbonyl (C=O) groups is 1. The van der Waals surface area contributed by atoms with Crippen molar-refractivity contribution in [3.8, 4) is 0 Å². The highest BCUT2D eigenvalue weighted by molar-refractivity contribution is 7.98. The van der Waals surface area contributed by atoms with Gasteiger partial charge in [0.15, 0.2) is 0 Å². The van der Waals surface area contributed by atoms with E-state index in [1.54, 1.807) is 34.5 Å². The van der Waals surface area contributed by atoms with Crippen LogP contribution < -0.4 is 5.56 Å². The minimum absolute atomic E-state index is 0.0312. The van der Waals surface area contributed by atoms with Gasteiger partial charge in [-0.2, -0.15) is 0 Å². The number of rotatable bonds is 4. The van der Waals surface area contributed by atoms with E-state index in [4.69, 9.17) is 4.74 Å². The Morgan fingerprint density at radius 1 is 1.23 bits per heavy atom. The Hall–Kier alpha value is -2.60. The number of benzene rings is 2. The minimum Gasteiger partial charge on any atom is -0.457 e. The number of aryl methyl sites for hydroxylation is 1. The number of esters is 1. The third-order valence-corrected chi connectivity index (χ3v) is 5.32. The van der Waals surface area contributed by atoms with Gasteiger partial charge >= 0.3 is 5.97 Å². The second-order valence-corrected chi connectivity index (χ2v) is 7.12. The summed E-state index contributed by atoms with van der Waals surface area (Å²) in [6, 6.07) is 12.8. The average Bonchev–Trinajstić information content (AvgIpc) is 3.15. The smallest absolute Gasteiger partial charge is 0.338 e. The molecule has 4 rings (SSSR count). The summed E-state index contributed by atoms with van der Waals surface area (Å²) in [5.41, 5.74) is 1.87. The van der Waals surface area contributed by atoms with Crippen LogP contribution in [0.4, 0.5) is 0 Å². The monoisotopic (exact) mass is 366 g/mol. The van der Waals surface area contributed by atoms with Crippen molar-refractivity contribution >= 4 is 28.6 Å². The van der Waals surface area contributed by atoms with E-state index >= 15 is 0 Å². The van der Waals surface area contributed by atoms with E-state index in [0.717, 1.165) is 30.8 Å². The summed E-state index contributed by atoms with van der Waals surface area (Å²) in [5, 5.41) is 0.542. The molecule has 0 saturated heterocycles. The van der Waals surface area contributed by atoms with Crippen LogP contribution in [0.2, 0.25) is 0 Å². The van der Waals surface area contributed by atoms with Gasteiger partial charge in [-0.15, -0.1) is 11.8 Å². The molecule has 26 heavy (non-hydrogen) atoms. The van der Waals surface area contributed by atoms with Crippen molar-refractivity contribution in [2.75, 3.05) is 6.26 Å². The molecule has 0 spiro atoms. The minimum atomic E-state index is -0.414. The van der Waals surface area contributed by atoms with E-state index in [-0.39, 0.29) is 12.2 Å². The Bertz CT molecular complexity index is 1040. The Balaban J connectivity index is 1.55. The fraction of sp³-hybridized carbons (Fsp3) is 0.250. The zero-order valence-electron chi connectivity index (χ0n) is 14.4. The van der Waals surface area contributed by atoms with Crippen molar-refractivity contribution in [2.24, 2.45) is 0 Å². The second kappa shape index (κ2) is 6.96. The Kier molecular flexibility index (Phi) is 4.51. The maximum Gasteiger partial charge on any atom is 0.338 e. The first-order chi connectivity index (χ1) is 12.7. The highest BCUT2D eigenvalue weighted by Crippen LogP contribution is 2.18. The molecule has 1 aromatic heterocycles. The summed E-state index contributed by atoms with van der Waals surface area (Å²) < 4.78 is 7.12. The Morgan fingerprint density at radius 3 is 2.81 bits per heavy atom. The first-order valence-electron chi connectivity index (χ1n) is 8.49. The number of hydrogen-bond acceptors (Lipinski definition) is 5. The number of thioether (sulfide) groups is 1. The van der Waals surface area contributed by atoms with E-state index in [2.05, 4.69) is 4.98 Å². The number of carbonyl (C=O) groups excluding carboxylic acids is 1. The van der Waals surface area contributed by atoms with Gasteiger partial charge in [-0.3, -0.25) is 9.36 Å². The lowest BCUT2D eigenvalue weighted by atomic mass is 10.1. The molecule has 2 aromatic carbocycles. The molecular weight excluding hydrogens is 348 g/mol. The number of hydrogen-bond donors (Lipinski definition) is 0. The predicted octanol–water partition coefficient (Wildman–Crippen LogP) is 3.42. The van der Waals surface area contributed by atoms with Crippen LogP contribution in [0, 0.1) is 0 Å². The van der Waals surface area contributed by atoms with Crippen LogP contribution in [0.25, 0.3) is 10.9 Å². The molecule has 0 N–H and O–H groups in total. The average molecular weight is 366 g/mol. The number of ether oxygens (including phenoxy) is 1. The third-order valence-electron chi connectivity index (χ3n) is 4.58. The lowest BCUT2D eigenvalue weighted by Gasteiger charge is -2.08. The standard InChI is InChI=1S/C20H18N2O3S/c1-26-15-7-4-13(5-8-15)12-25-20(24)14-6-9-16-17(11-14)21-18-3-2-10-22(18)19(16)23/h4-9,11H,2-3,10,12H2,1H3. The summed E-state index contributed by atoms with van der Waals surface area (Å²) in [6.07, 6.45) is 3.75. The van der Waals surface area contributed by atoms with E-state index in [9.17, 15) is 9.59 Å². The molecule has 0 unspecified atom stereocenters. The molecule has 3 aromatic rings. The fourth-order valence-corrected chi connectivity index (χ4v) is 3.57. The highest BCUT2D eigenvalue weighted by Gasteiger charge is 2.17. The van der Waals surface area contributed by atoms with Crippen LogP contribution in [0.3, 0.4) is 0 Å². The van der Waals surface area contributed by atoms with Gasteiger partial charge in [-0.25, -0.2) is 9.78 Å². The highest BCUT2D eigenvalue weighted by atomic mass is 32.2. The van der Waals surface area contributed by atoms with Gasteiger partial charge in [0.1, 0.15) is 12.4 Å². The third kappa shape index (κ3) is 3.12. The van der Waals surface area contributed by atoms with Gasteiger partial charge in [0.05, 0.1) is 16.5 Å². The molecule has 5 nitrogen and oxygen atoms in total. The van der Waals surface area contributed by atoms with Crippen molar-refractivity contribution in [1.82, 2.24) is 9.55 Å². The predicted molar refractivity (Wildman–Crippen MR) is 102 cm³/mol. The van der Waals surface area contributed by atoms with Crippen LogP contribution in [0.15, 0.2) is 52.2 Å². The fourth-order valence-electron chi connectivity index (χ4n) is 3.16. The lowest BCUT2D eigenvalue weighted by Crippen LogP contribution is -2.21. The summed E-state index contributed by atoms with van der Waals surface area (Å²) >= 11 is 1.67. The molecule has 132 valence electrons. The van der Waals surface area contributed by atoms with Crippen LogP contribution >= 0.6 is 11.8 Å². The van der Waals surface area contributed by atoms with E-state index in [1.165, 1.54) is 4.90 Å². The lowest BCUT2D eigenvalue weighted by molar-refractivity contribution is 0.0473. The molecule has 1 aliphatic rings. The van der Waals surface area contributed by atoms with Crippen molar-refractivity contribution in [1.29, 1.82) is 0 Å². The topological polar surface area (TPSA) is 61.2 Å². The van der Waals surface area contributed by atoms with Crippen molar-refractivity contribution in [2.45, 2.75) is 30.9 Å². The van der Waals surface area contributed by atoms with Gasteiger partial charge in [0, 0.05) is 17.9 Å². The van der Waals surface area contributed by atoms with Crippen LogP contribution in [-0.4, -0.2) is 21.8 Å². The normalized spacial score (nSPS) is 13.0. The molecule has 6 heteroatoms. The quantitative estimate of drug-likeness (QED) is 0.523. The summed E-state index contributed by atoms with van der Waals surface area (Å²) in [6.45, 7) is 0.933. The van der Waals surface area contributed by atoms with Crippen molar-refractivity contribution in [3.05, 3.63) is 69.8 Å². The molecule has 0 amide bonds. The summed E-state index contributed by atoms with van der Waals surface area (Å²) in [5.74, 6) is 0.380. The van der Waals surface area contributed by atoms with Gasteiger partial charge in [0.25, 0.3) is 5.56 Å². The van der Waals surface area contributed by atoms with E-state index in [1.807, 2.05) is 30.5 Å². The molecule has 0 atom stereocenters. The molecule has 0 fully saturated rings. The molecule has 0 aliphatic carbocycles. The Morgan fingerprint density at radius 2 is 2.04 bits per heavy atom. The van der Waals surface area contributed by atoms with Crippen LogP contribution in [0.5, 0.6) is 0 Å². The van der Waals surface area contributed by atoms with Gasteiger partial charge in [0.2, 0.25) is 0 Å². The van der Waals surface area contributed by atoms with Crippen LogP contribution in [0.1, 0.15) is 28.2 Å². The zero-order valence-corrected chi connectivity index (χ0v) is 15.2. The number of aromatic nitrogens is 2. The maximum absolute atomic E-state index is 12.5. The molecule has 2 heterocycles. The maximum atomic E-state index is 12.5. The SMILES string of the molecule is CSc1ccc(COC(=O)c2ccc3c(=O)n4c(nc3c2)CCC4)cc1. The molecular formula is C20H18N2O3S. The van der Waals surface area contributed by atoms with Gasteiger partial charge in [-0.05, 0) is 48.6 Å². The zero-order chi connectivity index (χ0) is 18.1.